The van der Waals surface area contributed by atoms with Gasteiger partial charge in [0.25, 0.3) is 5.56 Å². The molecule has 4 aliphatic carbocycles. The highest BCUT2D eigenvalue weighted by Gasteiger charge is 2.56. The highest BCUT2D eigenvalue weighted by molar-refractivity contribution is 6.28. The topological polar surface area (TPSA) is 63.6 Å². The van der Waals surface area contributed by atoms with Crippen LogP contribution >= 0.6 is 11.6 Å². The molecular weight excluding hydrogens is 312 g/mol. The molecule has 3 unspecified atom stereocenters. The Balaban J connectivity index is 1.79. The minimum Gasteiger partial charge on any atom is -0.321 e. The lowest BCUT2D eigenvalue weighted by Crippen LogP contribution is -2.31. The van der Waals surface area contributed by atoms with Gasteiger partial charge in [-0.25, -0.2) is 4.98 Å². The molecule has 0 aliphatic heterocycles. The van der Waals surface area contributed by atoms with E-state index in [9.17, 15) is 4.79 Å². The number of H-pyrrole nitrogens is 1. The predicted octanol–water partition coefficient (Wildman–Crippen LogP) is 3.18. The summed E-state index contributed by atoms with van der Waals surface area (Å²) in [7, 11) is 0. The Labute approximate surface area is 138 Å². The first-order valence-corrected chi connectivity index (χ1v) is 8.86. The van der Waals surface area contributed by atoms with Crippen LogP contribution in [-0.2, 0) is 12.0 Å². The van der Waals surface area contributed by atoms with Gasteiger partial charge in [0.15, 0.2) is 11.2 Å². The highest BCUT2D eigenvalue weighted by atomic mass is 35.5. The van der Waals surface area contributed by atoms with Gasteiger partial charge < -0.3 is 4.57 Å². The average molecular weight is 331 g/mol. The monoisotopic (exact) mass is 330 g/mol. The number of imidazole rings is 1. The number of halogens is 1. The van der Waals surface area contributed by atoms with Gasteiger partial charge in [0.2, 0.25) is 5.28 Å². The van der Waals surface area contributed by atoms with Crippen LogP contribution in [0.1, 0.15) is 44.9 Å². The Bertz CT molecular complexity index is 911. The first-order valence-electron chi connectivity index (χ1n) is 8.48. The first-order chi connectivity index (χ1) is 11.1. The Morgan fingerprint density at radius 2 is 2.30 bits per heavy atom. The minimum atomic E-state index is -0.185. The zero-order valence-corrected chi connectivity index (χ0v) is 13.9. The van der Waals surface area contributed by atoms with Crippen LogP contribution in [0.15, 0.2) is 16.4 Å². The molecule has 0 saturated heterocycles. The summed E-state index contributed by atoms with van der Waals surface area (Å²) < 4.78 is 2.11. The molecule has 23 heavy (non-hydrogen) atoms. The van der Waals surface area contributed by atoms with Crippen molar-refractivity contribution in [2.75, 3.05) is 0 Å². The summed E-state index contributed by atoms with van der Waals surface area (Å²) in [5.41, 5.74) is 2.47. The molecule has 5 nitrogen and oxygen atoms in total. The van der Waals surface area contributed by atoms with Crippen molar-refractivity contribution >= 4 is 22.8 Å². The highest BCUT2D eigenvalue weighted by Crippen LogP contribution is 2.62. The Kier molecular flexibility index (Phi) is 2.68. The summed E-state index contributed by atoms with van der Waals surface area (Å²) in [6.45, 7) is 2.92. The zero-order valence-electron chi connectivity index (χ0n) is 13.1. The summed E-state index contributed by atoms with van der Waals surface area (Å²) in [4.78, 5) is 24.1. The van der Waals surface area contributed by atoms with Crippen LogP contribution in [0.3, 0.4) is 0 Å². The first kappa shape index (κ1) is 13.8. The van der Waals surface area contributed by atoms with Crippen molar-refractivity contribution < 1.29 is 0 Å². The maximum atomic E-state index is 12.4. The third kappa shape index (κ3) is 1.71. The summed E-state index contributed by atoms with van der Waals surface area (Å²) in [6.07, 6.45) is 8.29. The molecule has 0 amide bonds. The number of hydrogen-bond donors (Lipinski definition) is 1. The molecule has 2 saturated carbocycles. The normalized spacial score (nSPS) is 31.3. The molecule has 1 N–H and O–H groups in total. The average Bonchev–Trinajstić information content (AvgIpc) is 3.05. The fourth-order valence-electron chi connectivity index (χ4n) is 5.33. The van der Waals surface area contributed by atoms with Crippen LogP contribution in [0.25, 0.3) is 11.2 Å². The van der Waals surface area contributed by atoms with Crippen molar-refractivity contribution in [1.82, 2.24) is 19.5 Å². The van der Waals surface area contributed by atoms with E-state index >= 15 is 0 Å². The lowest BCUT2D eigenvalue weighted by Gasteiger charge is -2.32. The van der Waals surface area contributed by atoms with E-state index in [4.69, 9.17) is 16.6 Å². The summed E-state index contributed by atoms with van der Waals surface area (Å²) in [6, 6.07) is 0. The SMILES string of the molecule is CCCn1c(C23CC4C=C2CC(C4)C3)nc2nc(Cl)[nH]c(=O)c21. The van der Waals surface area contributed by atoms with Gasteiger partial charge >= 0.3 is 0 Å². The fraction of sp³-hybridized carbons (Fsp3) is 0.588. The van der Waals surface area contributed by atoms with Gasteiger partial charge in [-0.2, -0.15) is 4.98 Å². The number of allylic oxidation sites excluding steroid dienone is 2. The number of hydrogen-bond acceptors (Lipinski definition) is 3. The largest absolute Gasteiger partial charge is 0.321 e. The van der Waals surface area contributed by atoms with E-state index in [1.54, 1.807) is 5.57 Å². The van der Waals surface area contributed by atoms with E-state index in [-0.39, 0.29) is 16.3 Å². The van der Waals surface area contributed by atoms with Gasteiger partial charge in [-0.1, -0.05) is 18.6 Å². The molecule has 6 heteroatoms. The Morgan fingerprint density at radius 3 is 3.09 bits per heavy atom. The predicted molar refractivity (Wildman–Crippen MR) is 88.7 cm³/mol. The van der Waals surface area contributed by atoms with Crippen LogP contribution in [-0.4, -0.2) is 19.5 Å². The van der Waals surface area contributed by atoms with Crippen LogP contribution in [0, 0.1) is 11.8 Å². The summed E-state index contributed by atoms with van der Waals surface area (Å²) in [5.74, 6) is 2.53. The molecule has 3 atom stereocenters. The van der Waals surface area contributed by atoms with Crippen molar-refractivity contribution in [2.45, 2.75) is 51.0 Å². The fourth-order valence-corrected chi connectivity index (χ4v) is 5.50. The molecule has 4 bridgehead atoms. The van der Waals surface area contributed by atoms with Gasteiger partial charge in [-0.3, -0.25) is 9.78 Å². The van der Waals surface area contributed by atoms with Crippen molar-refractivity contribution in [3.8, 4) is 0 Å². The molecule has 120 valence electrons. The van der Waals surface area contributed by atoms with Crippen LogP contribution < -0.4 is 5.56 Å². The molecule has 6 rings (SSSR count). The van der Waals surface area contributed by atoms with E-state index < -0.39 is 0 Å². The number of aryl methyl sites for hydroxylation is 1. The molecule has 0 aromatic carbocycles. The Morgan fingerprint density at radius 1 is 1.43 bits per heavy atom. The molecule has 0 spiro atoms. The van der Waals surface area contributed by atoms with E-state index in [1.807, 2.05) is 0 Å². The molecule has 0 radical (unpaired) electrons. The second-order valence-electron chi connectivity index (χ2n) is 7.36. The molecule has 2 aromatic heterocycles. The third-order valence-corrected chi connectivity index (χ3v) is 6.08. The number of nitrogens with one attached hydrogen (secondary N) is 1. The Hall–Kier alpha value is -1.62. The van der Waals surface area contributed by atoms with Gasteiger partial charge in [0.05, 0.1) is 5.41 Å². The number of fused-ring (bicyclic) bond motifs is 1. The van der Waals surface area contributed by atoms with Gasteiger partial charge in [0, 0.05) is 6.54 Å². The number of rotatable bonds is 3. The van der Waals surface area contributed by atoms with Gasteiger partial charge in [0.1, 0.15) is 5.82 Å². The third-order valence-electron chi connectivity index (χ3n) is 5.90. The zero-order chi connectivity index (χ0) is 15.8. The van der Waals surface area contributed by atoms with E-state index in [0.29, 0.717) is 17.1 Å². The van der Waals surface area contributed by atoms with Crippen molar-refractivity contribution in [3.05, 3.63) is 33.1 Å². The van der Waals surface area contributed by atoms with Crippen LogP contribution in [0.4, 0.5) is 0 Å². The van der Waals surface area contributed by atoms with Crippen LogP contribution in [0.5, 0.6) is 0 Å². The van der Waals surface area contributed by atoms with E-state index in [1.165, 1.54) is 19.3 Å². The second kappa shape index (κ2) is 4.47. The van der Waals surface area contributed by atoms with Crippen molar-refractivity contribution in [3.63, 3.8) is 0 Å². The lowest BCUT2D eigenvalue weighted by molar-refractivity contribution is 0.274. The summed E-state index contributed by atoms with van der Waals surface area (Å²) in [5, 5.41) is 0.115. The van der Waals surface area contributed by atoms with Crippen molar-refractivity contribution in [1.29, 1.82) is 0 Å². The quantitative estimate of drug-likeness (QED) is 0.694. The standard InChI is InChI=1S/C17H19ClN4O/c1-2-3-22-12-13(20-16(18)21-14(12)23)19-15(22)17-7-9-4-10(8-17)6-11(17)5-9/h5,9-10H,2-4,6-8H2,1H3,(H,20,21,23). The molecular formula is C17H19ClN4O. The minimum absolute atomic E-state index is 0.0440. The van der Waals surface area contributed by atoms with Gasteiger partial charge in [-0.05, 0) is 55.5 Å². The maximum absolute atomic E-state index is 12.4. The number of nitrogens with zero attached hydrogens (tertiary/aromatic N) is 3. The van der Waals surface area contributed by atoms with E-state index in [2.05, 4.69) is 27.5 Å². The second-order valence-corrected chi connectivity index (χ2v) is 7.72. The summed E-state index contributed by atoms with van der Waals surface area (Å²) >= 11 is 5.93. The van der Waals surface area contributed by atoms with E-state index in [0.717, 1.165) is 31.1 Å². The van der Waals surface area contributed by atoms with Crippen LogP contribution in [0.2, 0.25) is 5.28 Å². The number of aromatic nitrogens is 4. The smallest absolute Gasteiger partial charge is 0.278 e. The van der Waals surface area contributed by atoms with Gasteiger partial charge in [-0.15, -0.1) is 0 Å². The maximum Gasteiger partial charge on any atom is 0.278 e. The number of aromatic amines is 1. The molecule has 2 fully saturated rings. The molecule has 2 aromatic rings. The lowest BCUT2D eigenvalue weighted by atomic mass is 9.74. The molecule has 2 heterocycles. The molecule has 4 aliphatic rings. The van der Waals surface area contributed by atoms with Crippen molar-refractivity contribution in [2.24, 2.45) is 11.8 Å².